The Bertz CT molecular complexity index is 1290. The highest BCUT2D eigenvalue weighted by atomic mass is 127. The van der Waals surface area contributed by atoms with Gasteiger partial charge in [-0.05, 0) is 67.1 Å². The minimum Gasteiger partial charge on any atom is -0.508 e. The molecule has 3 aliphatic carbocycles. The van der Waals surface area contributed by atoms with Crippen LogP contribution in [0.5, 0.6) is 5.75 Å². The number of primary amides is 1. The van der Waals surface area contributed by atoms with Crippen molar-refractivity contribution in [3.05, 3.63) is 43.2 Å². The molecule has 1 fully saturated rings. The number of amides is 1. The van der Waals surface area contributed by atoms with Crippen molar-refractivity contribution in [3.8, 4) is 5.75 Å². The molecule has 188 valence electrons. The van der Waals surface area contributed by atoms with Crippen LogP contribution in [0.1, 0.15) is 23.1 Å². The van der Waals surface area contributed by atoms with E-state index in [0.717, 1.165) is 0 Å². The molecule has 1 aromatic rings. The van der Waals surface area contributed by atoms with Gasteiger partial charge >= 0.3 is 0 Å². The summed E-state index contributed by atoms with van der Waals surface area (Å²) in [6, 6.07) is 0.553. The van der Waals surface area contributed by atoms with Gasteiger partial charge in [0.1, 0.15) is 22.8 Å². The summed E-state index contributed by atoms with van der Waals surface area (Å²) in [5, 5.41) is 44.5. The van der Waals surface area contributed by atoms with E-state index in [0.29, 0.717) is 14.7 Å². The standard InChI is InChI=1S/C23H25IN2O8S/c1-26(2)16-11-5-8-4-10-12(24)6-9(7-35(3)34)17(27)14(10)18(28)13(8)20(30)23(11,33)21(31)15(19(16)29)22(25)32/h6,8,11,16,27-28,31,33H,4-5,7H2,1-3H3,(H2,25,32)/t8-,11-,16-,23-,35?/m0/s1. The summed E-state index contributed by atoms with van der Waals surface area (Å²) >= 11 is 2.04. The topological polar surface area (TPSA) is 178 Å². The zero-order chi connectivity index (χ0) is 26.1. The first-order chi connectivity index (χ1) is 16.2. The van der Waals surface area contributed by atoms with Gasteiger partial charge in [-0.2, -0.15) is 0 Å². The van der Waals surface area contributed by atoms with E-state index in [1.807, 2.05) is 22.6 Å². The molecule has 0 heterocycles. The normalized spacial score (nSPS) is 29.1. The van der Waals surface area contributed by atoms with Crippen LogP contribution in [0.4, 0.5) is 0 Å². The maximum Gasteiger partial charge on any atom is 0.255 e. The number of likely N-dealkylation sites (N-methyl/N-ethyl adjacent to an activating group) is 1. The number of carbonyl (C=O) groups excluding carboxylic acids is 3. The predicted octanol–water partition coefficient (Wildman–Crippen LogP) is 0.447. The van der Waals surface area contributed by atoms with Gasteiger partial charge in [0.05, 0.1) is 17.4 Å². The number of phenols is 1. The van der Waals surface area contributed by atoms with Crippen LogP contribution in [0.25, 0.3) is 5.76 Å². The van der Waals surface area contributed by atoms with Crippen molar-refractivity contribution < 1.29 is 39.0 Å². The highest BCUT2D eigenvalue weighted by Gasteiger charge is 2.64. The van der Waals surface area contributed by atoms with Crippen LogP contribution in [0.2, 0.25) is 0 Å². The summed E-state index contributed by atoms with van der Waals surface area (Å²) in [5.41, 5.74) is 2.50. The van der Waals surface area contributed by atoms with Gasteiger partial charge in [0, 0.05) is 37.7 Å². The van der Waals surface area contributed by atoms with Gasteiger partial charge in [-0.1, -0.05) is 0 Å². The zero-order valence-electron chi connectivity index (χ0n) is 19.2. The van der Waals surface area contributed by atoms with Crippen LogP contribution >= 0.6 is 22.6 Å². The van der Waals surface area contributed by atoms with E-state index in [1.165, 1.54) is 11.2 Å². The Morgan fingerprint density at radius 1 is 1.29 bits per heavy atom. The number of nitrogens with two attached hydrogens (primary N) is 1. The summed E-state index contributed by atoms with van der Waals surface area (Å²) in [4.78, 5) is 40.3. The average molecular weight is 616 g/mol. The number of Topliss-reactive ketones (excluding diaryl/α,β-unsaturated/α-hetero) is 2. The van der Waals surface area contributed by atoms with E-state index in [4.69, 9.17) is 5.73 Å². The Kier molecular flexibility index (Phi) is 6.39. The Balaban J connectivity index is 1.97. The first-order valence-electron chi connectivity index (χ1n) is 10.7. The number of aliphatic hydroxyl groups excluding tert-OH is 2. The van der Waals surface area contributed by atoms with Crippen molar-refractivity contribution in [3.63, 3.8) is 0 Å². The molecule has 12 heteroatoms. The monoisotopic (exact) mass is 616 g/mol. The van der Waals surface area contributed by atoms with Crippen molar-refractivity contribution in [2.24, 2.45) is 17.6 Å². The molecule has 0 spiro atoms. The lowest BCUT2D eigenvalue weighted by Gasteiger charge is -2.50. The fraction of sp³-hybridized carbons (Fsp3) is 0.435. The van der Waals surface area contributed by atoms with E-state index < -0.39 is 68.8 Å². The number of carbonyl (C=O) groups is 3. The molecule has 1 unspecified atom stereocenters. The quantitative estimate of drug-likeness (QED) is 0.237. The number of fused-ring (bicyclic) bond motifs is 3. The molecule has 35 heavy (non-hydrogen) atoms. The number of halogens is 1. The van der Waals surface area contributed by atoms with Crippen molar-refractivity contribution in [2.45, 2.75) is 30.2 Å². The Morgan fingerprint density at radius 2 is 1.91 bits per heavy atom. The maximum absolute atomic E-state index is 13.8. The summed E-state index contributed by atoms with van der Waals surface area (Å²) in [5.74, 6) is -6.84. The maximum atomic E-state index is 13.8. The van der Waals surface area contributed by atoms with Gasteiger partial charge < -0.3 is 26.2 Å². The highest BCUT2D eigenvalue weighted by molar-refractivity contribution is 14.1. The summed E-state index contributed by atoms with van der Waals surface area (Å²) < 4.78 is 12.5. The fourth-order valence-electron chi connectivity index (χ4n) is 5.65. The van der Waals surface area contributed by atoms with Gasteiger partial charge in [-0.3, -0.25) is 23.5 Å². The zero-order valence-corrected chi connectivity index (χ0v) is 22.1. The molecule has 0 bridgehead atoms. The van der Waals surface area contributed by atoms with Crippen LogP contribution in [0.15, 0.2) is 23.0 Å². The lowest BCUT2D eigenvalue weighted by Crippen LogP contribution is -2.65. The van der Waals surface area contributed by atoms with Crippen molar-refractivity contribution in [2.75, 3.05) is 20.4 Å². The van der Waals surface area contributed by atoms with Crippen LogP contribution in [0, 0.1) is 15.4 Å². The molecule has 0 aliphatic heterocycles. The Hall–Kier alpha value is -2.29. The van der Waals surface area contributed by atoms with Crippen LogP contribution in [0.3, 0.4) is 0 Å². The third kappa shape index (κ3) is 3.64. The van der Waals surface area contributed by atoms with Crippen LogP contribution in [-0.4, -0.2) is 79.0 Å². The van der Waals surface area contributed by atoms with E-state index >= 15 is 0 Å². The molecule has 1 amide bonds. The molecule has 0 aromatic heterocycles. The highest BCUT2D eigenvalue weighted by Crippen LogP contribution is 2.53. The van der Waals surface area contributed by atoms with E-state index in [9.17, 15) is 39.0 Å². The summed E-state index contributed by atoms with van der Waals surface area (Å²) in [7, 11) is 1.81. The van der Waals surface area contributed by atoms with Crippen molar-refractivity contribution in [1.82, 2.24) is 4.90 Å². The molecule has 1 saturated carbocycles. The SMILES string of the molecule is CN(C)[C@@H]1C(=O)C(C(N)=O)=C(O)[C@@]2(O)C(=O)C3=C(O)c4c(O)c(CS(C)=O)cc(I)c4C[C@H]3C[C@@H]12. The van der Waals surface area contributed by atoms with E-state index in [2.05, 4.69) is 0 Å². The molecule has 3 aliphatic rings. The lowest BCUT2D eigenvalue weighted by atomic mass is 9.57. The van der Waals surface area contributed by atoms with Gasteiger partial charge in [0.25, 0.3) is 5.91 Å². The second-order valence-electron chi connectivity index (χ2n) is 9.40. The largest absolute Gasteiger partial charge is 0.508 e. The molecule has 6 N–H and O–H groups in total. The van der Waals surface area contributed by atoms with E-state index in [1.54, 1.807) is 20.2 Å². The average Bonchev–Trinajstić information content (AvgIpc) is 2.73. The summed E-state index contributed by atoms with van der Waals surface area (Å²) in [6.07, 6.45) is 1.72. The predicted molar refractivity (Wildman–Crippen MR) is 135 cm³/mol. The second kappa shape index (κ2) is 8.68. The second-order valence-corrected chi connectivity index (χ2v) is 12.0. The number of phenolic OH excluding ortho intramolecular Hbond substituents is 1. The molecule has 0 radical (unpaired) electrons. The molecule has 0 saturated heterocycles. The number of aromatic hydroxyl groups is 1. The lowest BCUT2D eigenvalue weighted by molar-refractivity contribution is -0.153. The number of aliphatic hydroxyl groups is 3. The number of rotatable bonds is 4. The number of hydrogen-bond donors (Lipinski definition) is 5. The Labute approximate surface area is 217 Å². The molecule has 10 nitrogen and oxygen atoms in total. The molecule has 1 aromatic carbocycles. The minimum absolute atomic E-state index is 0.00800. The third-order valence-electron chi connectivity index (χ3n) is 7.10. The smallest absolute Gasteiger partial charge is 0.255 e. The van der Waals surface area contributed by atoms with Gasteiger partial charge in [0.15, 0.2) is 11.4 Å². The van der Waals surface area contributed by atoms with E-state index in [-0.39, 0.29) is 35.5 Å². The van der Waals surface area contributed by atoms with Gasteiger partial charge in [0.2, 0.25) is 5.78 Å². The molecular formula is C23H25IN2O8S. The number of nitrogens with zero attached hydrogens (tertiary/aromatic N) is 1. The van der Waals surface area contributed by atoms with Gasteiger partial charge in [-0.25, -0.2) is 0 Å². The molecule has 4 rings (SSSR count). The van der Waals surface area contributed by atoms with Gasteiger partial charge in [-0.15, -0.1) is 0 Å². The van der Waals surface area contributed by atoms with Crippen molar-refractivity contribution in [1.29, 1.82) is 0 Å². The number of ketones is 2. The first-order valence-corrected chi connectivity index (χ1v) is 13.5. The van der Waals surface area contributed by atoms with Crippen LogP contribution < -0.4 is 5.73 Å². The third-order valence-corrected chi connectivity index (χ3v) is 8.78. The molecule has 5 atom stereocenters. The minimum atomic E-state index is -2.67. The number of benzene rings is 1. The summed E-state index contributed by atoms with van der Waals surface area (Å²) in [6.45, 7) is 0. The fourth-order valence-corrected chi connectivity index (χ4v) is 7.17. The molecular weight excluding hydrogens is 591 g/mol. The Morgan fingerprint density at radius 3 is 2.46 bits per heavy atom. The first kappa shape index (κ1) is 25.8. The number of hydrogen-bond acceptors (Lipinski definition) is 9. The van der Waals surface area contributed by atoms with Crippen molar-refractivity contribution >= 4 is 56.6 Å². The van der Waals surface area contributed by atoms with Crippen LogP contribution in [-0.2, 0) is 37.4 Å².